The Morgan fingerprint density at radius 3 is 2.93 bits per heavy atom. The van der Waals surface area contributed by atoms with Crippen molar-refractivity contribution in [3.8, 4) is 6.07 Å². The zero-order valence-corrected chi connectivity index (χ0v) is 7.51. The molecule has 0 spiro atoms. The maximum atomic E-state index is 10.7. The molecule has 0 fully saturated rings. The van der Waals surface area contributed by atoms with E-state index < -0.39 is 12.3 Å². The first kappa shape index (κ1) is 9.99. The van der Waals surface area contributed by atoms with Crippen LogP contribution in [-0.4, -0.2) is 18.2 Å². The predicted octanol–water partition coefficient (Wildman–Crippen LogP) is 1.43. The lowest BCUT2D eigenvalue weighted by Crippen LogP contribution is -2.10. The Labute approximate surface area is 80.9 Å². The van der Waals surface area contributed by atoms with E-state index in [9.17, 15) is 4.79 Å². The molecule has 0 aliphatic rings. The number of nitrogens with zero attached hydrogens (tertiary/aromatic N) is 2. The van der Waals surface area contributed by atoms with Crippen LogP contribution < -0.4 is 0 Å². The molecule has 5 heteroatoms. The van der Waals surface area contributed by atoms with E-state index in [0.717, 1.165) is 0 Å². The number of pyridine rings is 1. The van der Waals surface area contributed by atoms with Crippen LogP contribution in [0.3, 0.4) is 0 Å². The monoisotopic (exact) mass is 192 g/mol. The molecular formula is C9H8N2O3. The molecular weight excluding hydrogens is 184 g/mol. The number of hydrogen-bond donors (Lipinski definition) is 0. The largest absolute Gasteiger partial charge is 0.509 e. The summed E-state index contributed by atoms with van der Waals surface area (Å²) in [7, 11) is 1.18. The van der Waals surface area contributed by atoms with E-state index in [4.69, 9.17) is 5.26 Å². The molecule has 0 saturated carbocycles. The quantitative estimate of drug-likeness (QED) is 0.662. The highest BCUT2D eigenvalue weighted by atomic mass is 16.7. The average Bonchev–Trinajstić information content (AvgIpc) is 2.26. The minimum absolute atomic E-state index is 0.375. The molecule has 0 N–H and O–H groups in total. The van der Waals surface area contributed by atoms with Gasteiger partial charge in [0.1, 0.15) is 6.07 Å². The fourth-order valence-electron chi connectivity index (χ4n) is 0.828. The van der Waals surface area contributed by atoms with Gasteiger partial charge in [-0.2, -0.15) is 5.26 Å². The molecule has 0 bridgehead atoms. The van der Waals surface area contributed by atoms with Crippen LogP contribution in [0.15, 0.2) is 24.4 Å². The summed E-state index contributed by atoms with van der Waals surface area (Å²) >= 11 is 0. The van der Waals surface area contributed by atoms with Crippen LogP contribution in [0.4, 0.5) is 4.79 Å². The highest BCUT2D eigenvalue weighted by Gasteiger charge is 2.16. The second-order valence-corrected chi connectivity index (χ2v) is 2.34. The maximum absolute atomic E-state index is 10.7. The molecule has 0 aromatic carbocycles. The number of hydrogen-bond acceptors (Lipinski definition) is 5. The van der Waals surface area contributed by atoms with Gasteiger partial charge in [-0.3, -0.25) is 4.98 Å². The number of aromatic nitrogens is 1. The van der Waals surface area contributed by atoms with E-state index in [1.54, 1.807) is 24.3 Å². The van der Waals surface area contributed by atoms with Gasteiger partial charge < -0.3 is 9.47 Å². The Morgan fingerprint density at radius 2 is 2.43 bits per heavy atom. The number of carbonyl (C=O) groups excluding carboxylic acids is 1. The van der Waals surface area contributed by atoms with Gasteiger partial charge in [0.2, 0.25) is 6.10 Å². The van der Waals surface area contributed by atoms with Crippen LogP contribution in [0, 0.1) is 11.3 Å². The Hall–Kier alpha value is -2.09. The van der Waals surface area contributed by atoms with Gasteiger partial charge in [0.05, 0.1) is 12.8 Å². The summed E-state index contributed by atoms with van der Waals surface area (Å²) in [4.78, 5) is 14.6. The summed E-state index contributed by atoms with van der Waals surface area (Å²) in [5, 5.41) is 8.70. The first-order chi connectivity index (χ1) is 6.77. The first-order valence-corrected chi connectivity index (χ1v) is 3.83. The molecule has 1 atom stereocenters. The lowest BCUT2D eigenvalue weighted by Gasteiger charge is -2.08. The van der Waals surface area contributed by atoms with Crippen molar-refractivity contribution in [3.05, 3.63) is 30.1 Å². The van der Waals surface area contributed by atoms with Crippen LogP contribution in [0.25, 0.3) is 0 Å². The van der Waals surface area contributed by atoms with E-state index >= 15 is 0 Å². The second kappa shape index (κ2) is 4.82. The van der Waals surface area contributed by atoms with Gasteiger partial charge >= 0.3 is 6.16 Å². The molecule has 1 rings (SSSR count). The third-order valence-corrected chi connectivity index (χ3v) is 1.45. The normalized spacial score (nSPS) is 11.1. The molecule has 1 heterocycles. The number of rotatable bonds is 2. The van der Waals surface area contributed by atoms with Crippen molar-refractivity contribution in [1.82, 2.24) is 4.98 Å². The third kappa shape index (κ3) is 2.45. The molecule has 72 valence electrons. The molecule has 5 nitrogen and oxygen atoms in total. The molecule has 14 heavy (non-hydrogen) atoms. The van der Waals surface area contributed by atoms with E-state index in [0.29, 0.717) is 5.69 Å². The van der Waals surface area contributed by atoms with Crippen molar-refractivity contribution in [1.29, 1.82) is 5.26 Å². The van der Waals surface area contributed by atoms with E-state index in [2.05, 4.69) is 14.5 Å². The van der Waals surface area contributed by atoms with Gasteiger partial charge in [-0.1, -0.05) is 6.07 Å². The van der Waals surface area contributed by atoms with E-state index in [1.165, 1.54) is 13.3 Å². The SMILES string of the molecule is COC(=O)OC(C#N)c1ccccn1. The van der Waals surface area contributed by atoms with E-state index in [1.807, 2.05) is 0 Å². The number of methoxy groups -OCH3 is 1. The lowest BCUT2D eigenvalue weighted by molar-refractivity contribution is 0.0532. The number of ether oxygens (including phenoxy) is 2. The molecule has 0 amide bonds. The predicted molar refractivity (Wildman–Crippen MR) is 46.1 cm³/mol. The van der Waals surface area contributed by atoms with Gasteiger partial charge in [0.15, 0.2) is 0 Å². The number of carbonyl (C=O) groups is 1. The lowest BCUT2D eigenvalue weighted by atomic mass is 10.2. The average molecular weight is 192 g/mol. The Kier molecular flexibility index (Phi) is 3.44. The fourth-order valence-corrected chi connectivity index (χ4v) is 0.828. The van der Waals surface area contributed by atoms with Gasteiger partial charge in [-0.05, 0) is 12.1 Å². The standard InChI is InChI=1S/C9H8N2O3/c1-13-9(12)14-8(6-10)7-4-2-3-5-11-7/h2-5,8H,1H3. The highest BCUT2D eigenvalue weighted by Crippen LogP contribution is 2.13. The van der Waals surface area contributed by atoms with Crippen molar-refractivity contribution >= 4 is 6.16 Å². The summed E-state index contributed by atoms with van der Waals surface area (Å²) in [6, 6.07) is 6.80. The fraction of sp³-hybridized carbons (Fsp3) is 0.222. The molecule has 0 aliphatic carbocycles. The van der Waals surface area contributed by atoms with E-state index in [-0.39, 0.29) is 0 Å². The summed E-state index contributed by atoms with van der Waals surface area (Å²) in [5.74, 6) is 0. The van der Waals surface area contributed by atoms with Crippen LogP contribution in [0.2, 0.25) is 0 Å². The highest BCUT2D eigenvalue weighted by molar-refractivity contribution is 5.60. The molecule has 0 aliphatic heterocycles. The third-order valence-electron chi connectivity index (χ3n) is 1.45. The Morgan fingerprint density at radius 1 is 1.64 bits per heavy atom. The van der Waals surface area contributed by atoms with Gasteiger partial charge in [-0.25, -0.2) is 4.79 Å². The van der Waals surface area contributed by atoms with Crippen molar-refractivity contribution in [2.75, 3.05) is 7.11 Å². The minimum Gasteiger partial charge on any atom is -0.438 e. The van der Waals surface area contributed by atoms with Crippen molar-refractivity contribution in [2.45, 2.75) is 6.10 Å². The van der Waals surface area contributed by atoms with Crippen molar-refractivity contribution in [3.63, 3.8) is 0 Å². The maximum Gasteiger partial charge on any atom is 0.509 e. The summed E-state index contributed by atoms with van der Waals surface area (Å²) in [6.07, 6.45) is -0.411. The smallest absolute Gasteiger partial charge is 0.438 e. The second-order valence-electron chi connectivity index (χ2n) is 2.34. The molecule has 0 radical (unpaired) electrons. The van der Waals surface area contributed by atoms with Crippen molar-refractivity contribution < 1.29 is 14.3 Å². The van der Waals surface area contributed by atoms with Crippen LogP contribution in [0.5, 0.6) is 0 Å². The van der Waals surface area contributed by atoms with Gasteiger partial charge in [-0.15, -0.1) is 0 Å². The zero-order valence-electron chi connectivity index (χ0n) is 7.51. The van der Waals surface area contributed by atoms with Crippen LogP contribution in [0.1, 0.15) is 11.8 Å². The van der Waals surface area contributed by atoms with Crippen molar-refractivity contribution in [2.24, 2.45) is 0 Å². The van der Waals surface area contributed by atoms with Gasteiger partial charge in [0.25, 0.3) is 0 Å². The summed E-state index contributed by atoms with van der Waals surface area (Å²) in [5.41, 5.74) is 0.375. The first-order valence-electron chi connectivity index (χ1n) is 3.83. The topological polar surface area (TPSA) is 72.2 Å². The molecule has 0 saturated heterocycles. The number of nitriles is 1. The minimum atomic E-state index is -1.02. The summed E-state index contributed by atoms with van der Waals surface area (Å²) in [6.45, 7) is 0. The molecule has 1 unspecified atom stereocenters. The van der Waals surface area contributed by atoms with Gasteiger partial charge in [0, 0.05) is 6.20 Å². The Bertz CT molecular complexity index is 345. The van der Waals surface area contributed by atoms with Crippen LogP contribution >= 0.6 is 0 Å². The molecule has 1 aromatic heterocycles. The molecule has 1 aromatic rings. The van der Waals surface area contributed by atoms with Crippen LogP contribution in [-0.2, 0) is 9.47 Å². The summed E-state index contributed by atoms with van der Waals surface area (Å²) < 4.78 is 8.91. The zero-order chi connectivity index (χ0) is 10.4. The Balaban J connectivity index is 2.74.